The number of amides is 1. The van der Waals surface area contributed by atoms with Crippen LogP contribution in [0, 0.1) is 25.2 Å². The van der Waals surface area contributed by atoms with Gasteiger partial charge in [-0.15, -0.1) is 0 Å². The van der Waals surface area contributed by atoms with Crippen molar-refractivity contribution in [3.63, 3.8) is 0 Å². The normalized spacial score (nSPS) is 15.1. The van der Waals surface area contributed by atoms with Crippen LogP contribution >= 0.6 is 0 Å². The van der Waals surface area contributed by atoms with Gasteiger partial charge < -0.3 is 14.6 Å². The van der Waals surface area contributed by atoms with E-state index in [9.17, 15) is 19.6 Å². The first-order chi connectivity index (χ1) is 16.4. The number of anilines is 1. The number of ketones is 1. The van der Waals surface area contributed by atoms with Gasteiger partial charge in [-0.3, -0.25) is 14.4 Å². The van der Waals surface area contributed by atoms with E-state index in [-0.39, 0.29) is 24.7 Å². The number of esters is 1. The summed E-state index contributed by atoms with van der Waals surface area (Å²) < 4.78 is 7.17. The Hall–Kier alpha value is -3.40. The maximum Gasteiger partial charge on any atom is 0.306 e. The molecule has 4 rings (SSSR count). The van der Waals surface area contributed by atoms with E-state index in [2.05, 4.69) is 16.0 Å². The van der Waals surface area contributed by atoms with E-state index in [1.807, 2.05) is 32.0 Å². The largest absolute Gasteiger partial charge is 0.456 e. The highest BCUT2D eigenvalue weighted by atomic mass is 16.5. The highest BCUT2D eigenvalue weighted by Gasteiger charge is 2.27. The molecule has 1 aromatic carbocycles. The fourth-order valence-corrected chi connectivity index (χ4v) is 5.20. The molecule has 7 nitrogen and oxygen atoms in total. The van der Waals surface area contributed by atoms with Crippen molar-refractivity contribution in [2.45, 2.75) is 77.7 Å². The zero-order chi connectivity index (χ0) is 24.2. The molecule has 0 saturated heterocycles. The first kappa shape index (κ1) is 23.7. The molecule has 1 aromatic heterocycles. The topological polar surface area (TPSA) is 101 Å². The van der Waals surface area contributed by atoms with Gasteiger partial charge in [-0.25, -0.2) is 0 Å². The molecule has 7 heteroatoms. The van der Waals surface area contributed by atoms with Crippen molar-refractivity contribution < 1.29 is 19.1 Å². The standard InChI is InChI=1S/C27H31N3O4/c1-17-18(2)30(22-8-3-4-9-22)27(23(17)15-28)29-25(32)16-34-26(33)13-12-24(31)21-11-10-19-6-5-7-20(19)14-21/h10-11,14,22H,3-9,12-13,16H2,1-2H3,(H,29,32). The van der Waals surface area contributed by atoms with Crippen molar-refractivity contribution in [2.24, 2.45) is 0 Å². The Morgan fingerprint density at radius 3 is 2.56 bits per heavy atom. The predicted molar refractivity (Wildman–Crippen MR) is 128 cm³/mol. The lowest BCUT2D eigenvalue weighted by Crippen LogP contribution is -2.24. The second kappa shape index (κ2) is 10.3. The Morgan fingerprint density at radius 2 is 1.82 bits per heavy atom. The summed E-state index contributed by atoms with van der Waals surface area (Å²) in [4.78, 5) is 37.2. The average molecular weight is 462 g/mol. The molecule has 178 valence electrons. The Labute approximate surface area is 200 Å². The Balaban J connectivity index is 1.31. The molecule has 0 radical (unpaired) electrons. The number of hydrogen-bond donors (Lipinski definition) is 1. The van der Waals surface area contributed by atoms with Crippen LogP contribution in [0.3, 0.4) is 0 Å². The number of aromatic nitrogens is 1. The quantitative estimate of drug-likeness (QED) is 0.453. The van der Waals surface area contributed by atoms with Crippen LogP contribution < -0.4 is 5.32 Å². The molecule has 0 spiro atoms. The molecule has 2 aliphatic rings. The third kappa shape index (κ3) is 4.91. The molecular weight excluding hydrogens is 430 g/mol. The fraction of sp³-hybridized carbons (Fsp3) is 0.481. The average Bonchev–Trinajstić information content (AvgIpc) is 3.56. The van der Waals surface area contributed by atoms with E-state index >= 15 is 0 Å². The number of carbonyl (C=O) groups excluding carboxylic acids is 3. The van der Waals surface area contributed by atoms with Crippen LogP contribution in [-0.4, -0.2) is 28.8 Å². The molecule has 2 aliphatic carbocycles. The van der Waals surface area contributed by atoms with Gasteiger partial charge in [0, 0.05) is 23.7 Å². The lowest BCUT2D eigenvalue weighted by atomic mass is 10.0. The van der Waals surface area contributed by atoms with E-state index < -0.39 is 18.5 Å². The molecule has 0 aliphatic heterocycles. The number of Topliss-reactive ketones (excluding diaryl/α,β-unsaturated/α-hetero) is 1. The smallest absolute Gasteiger partial charge is 0.306 e. The number of nitriles is 1. The first-order valence-corrected chi connectivity index (χ1v) is 12.1. The lowest BCUT2D eigenvalue weighted by Gasteiger charge is -2.19. The van der Waals surface area contributed by atoms with Gasteiger partial charge in [0.05, 0.1) is 12.0 Å². The van der Waals surface area contributed by atoms with Gasteiger partial charge >= 0.3 is 5.97 Å². The summed E-state index contributed by atoms with van der Waals surface area (Å²) in [6.45, 7) is 3.39. The molecule has 34 heavy (non-hydrogen) atoms. The summed E-state index contributed by atoms with van der Waals surface area (Å²) in [6.07, 6.45) is 7.39. The number of nitrogens with one attached hydrogen (secondary N) is 1. The van der Waals surface area contributed by atoms with Crippen LogP contribution in [0.5, 0.6) is 0 Å². The van der Waals surface area contributed by atoms with Crippen LogP contribution in [0.4, 0.5) is 5.82 Å². The van der Waals surface area contributed by atoms with Crippen molar-refractivity contribution >= 4 is 23.5 Å². The summed E-state index contributed by atoms with van der Waals surface area (Å²) in [7, 11) is 0. The van der Waals surface area contributed by atoms with Gasteiger partial charge in [-0.05, 0) is 68.7 Å². The van der Waals surface area contributed by atoms with Gasteiger partial charge in [0.1, 0.15) is 11.9 Å². The van der Waals surface area contributed by atoms with Crippen molar-refractivity contribution in [1.82, 2.24) is 4.57 Å². The zero-order valence-electron chi connectivity index (χ0n) is 19.9. The van der Waals surface area contributed by atoms with Crippen LogP contribution in [0.25, 0.3) is 0 Å². The number of carbonyl (C=O) groups is 3. The molecule has 1 N–H and O–H groups in total. The van der Waals surface area contributed by atoms with Gasteiger partial charge in [0.25, 0.3) is 5.91 Å². The third-order valence-electron chi connectivity index (χ3n) is 7.16. The van der Waals surface area contributed by atoms with Crippen molar-refractivity contribution in [1.29, 1.82) is 5.26 Å². The minimum Gasteiger partial charge on any atom is -0.456 e. The summed E-state index contributed by atoms with van der Waals surface area (Å²) >= 11 is 0. The number of aryl methyl sites for hydroxylation is 2. The summed E-state index contributed by atoms with van der Waals surface area (Å²) in [5.74, 6) is -0.706. The van der Waals surface area contributed by atoms with Crippen molar-refractivity contribution in [3.05, 3.63) is 51.7 Å². The number of rotatable bonds is 8. The molecule has 1 amide bonds. The number of benzene rings is 1. The van der Waals surface area contributed by atoms with Crippen molar-refractivity contribution in [3.8, 4) is 6.07 Å². The van der Waals surface area contributed by atoms with Gasteiger partial charge in [0.15, 0.2) is 12.4 Å². The number of hydrogen-bond acceptors (Lipinski definition) is 5. The first-order valence-electron chi connectivity index (χ1n) is 12.1. The Kier molecular flexibility index (Phi) is 7.16. The molecule has 0 bridgehead atoms. The molecule has 0 atom stereocenters. The van der Waals surface area contributed by atoms with Crippen LogP contribution in [0.1, 0.15) is 89.3 Å². The second-order valence-electron chi connectivity index (χ2n) is 9.32. The summed E-state index contributed by atoms with van der Waals surface area (Å²) in [5, 5.41) is 12.4. The highest BCUT2D eigenvalue weighted by Crippen LogP contribution is 2.37. The molecule has 1 fully saturated rings. The van der Waals surface area contributed by atoms with E-state index in [4.69, 9.17) is 4.74 Å². The lowest BCUT2D eigenvalue weighted by molar-refractivity contribution is -0.147. The maximum atomic E-state index is 12.6. The fourth-order valence-electron chi connectivity index (χ4n) is 5.20. The molecule has 0 unspecified atom stereocenters. The molecule has 1 heterocycles. The third-order valence-corrected chi connectivity index (χ3v) is 7.16. The van der Waals surface area contributed by atoms with Crippen LogP contribution in [0.15, 0.2) is 18.2 Å². The van der Waals surface area contributed by atoms with E-state index in [0.717, 1.165) is 56.2 Å². The zero-order valence-corrected chi connectivity index (χ0v) is 19.9. The van der Waals surface area contributed by atoms with E-state index in [0.29, 0.717) is 16.9 Å². The molecular formula is C27H31N3O4. The van der Waals surface area contributed by atoms with Gasteiger partial charge in [0.2, 0.25) is 0 Å². The Bertz CT molecular complexity index is 1170. The maximum absolute atomic E-state index is 12.6. The van der Waals surface area contributed by atoms with Gasteiger partial charge in [-0.2, -0.15) is 5.26 Å². The monoisotopic (exact) mass is 461 g/mol. The van der Waals surface area contributed by atoms with Crippen molar-refractivity contribution in [2.75, 3.05) is 11.9 Å². The van der Waals surface area contributed by atoms with Crippen LogP contribution in [-0.2, 0) is 27.2 Å². The highest BCUT2D eigenvalue weighted by molar-refractivity contribution is 5.98. The number of fused-ring (bicyclic) bond motifs is 1. The SMILES string of the molecule is Cc1c(C#N)c(NC(=O)COC(=O)CCC(=O)c2ccc3c(c2)CCC3)n(C2CCCC2)c1C. The minimum absolute atomic E-state index is 0.0424. The van der Waals surface area contributed by atoms with E-state index in [1.54, 1.807) is 0 Å². The Morgan fingerprint density at radius 1 is 1.09 bits per heavy atom. The van der Waals surface area contributed by atoms with Gasteiger partial charge in [-0.1, -0.05) is 25.0 Å². The molecule has 2 aromatic rings. The predicted octanol–water partition coefficient (Wildman–Crippen LogP) is 4.73. The minimum atomic E-state index is -0.594. The van der Waals surface area contributed by atoms with Crippen LogP contribution in [0.2, 0.25) is 0 Å². The number of ether oxygens (including phenoxy) is 1. The second-order valence-corrected chi connectivity index (χ2v) is 9.32. The summed E-state index contributed by atoms with van der Waals surface area (Å²) in [6, 6.07) is 8.21. The van der Waals surface area contributed by atoms with E-state index in [1.165, 1.54) is 11.1 Å². The number of nitrogens with zero attached hydrogens (tertiary/aromatic N) is 2. The molecule has 1 saturated carbocycles. The summed E-state index contributed by atoms with van der Waals surface area (Å²) in [5.41, 5.74) is 5.41.